The third kappa shape index (κ3) is 44.6. The Hall–Kier alpha value is 2.26. The van der Waals surface area contributed by atoms with Gasteiger partial charge in [0.1, 0.15) is 13.1 Å². The molecule has 8 aliphatic rings. The topological polar surface area (TPSA) is 435 Å². The first-order chi connectivity index (χ1) is 52.2. The van der Waals surface area contributed by atoms with Gasteiger partial charge in [0.05, 0.1) is 39.6 Å². The van der Waals surface area contributed by atoms with Crippen LogP contribution in [0.5, 0.6) is 0 Å². The Morgan fingerprint density at radius 1 is 0.222 bits per heavy atom. The first kappa shape index (κ1) is 119. The zero-order valence-electron chi connectivity index (χ0n) is 58.4. The minimum absolute atomic E-state index is 0.0661. The summed E-state index contributed by atoms with van der Waals surface area (Å²) in [5.41, 5.74) is 0. The third-order valence-corrected chi connectivity index (χ3v) is 58.0. The second-order valence-electron chi connectivity index (χ2n) is 17.8. The van der Waals surface area contributed by atoms with E-state index in [-0.39, 0.29) is 39.6 Å². The molecule has 702 valence electrons. The Bertz CT molecular complexity index is 4810. The summed E-state index contributed by atoms with van der Waals surface area (Å²) in [7, 11) is -116. The second-order valence-corrected chi connectivity index (χ2v) is 62.0. The summed E-state index contributed by atoms with van der Waals surface area (Å²) in [6, 6.07) is 0. The average Bonchev–Trinajstić information content (AvgIpc) is 0.730. The Balaban J connectivity index is 0.00000131. The fourth-order valence-electron chi connectivity index (χ4n) is 5.58. The van der Waals surface area contributed by atoms with Crippen molar-refractivity contribution >= 4 is 193 Å². The van der Waals surface area contributed by atoms with Gasteiger partial charge < -0.3 is 59.7 Å². The maximum atomic E-state index is 13.9. The first-order valence-corrected chi connectivity index (χ1v) is 64.0. The summed E-state index contributed by atoms with van der Waals surface area (Å²) in [6.07, 6.45) is -0.894. The van der Waals surface area contributed by atoms with E-state index in [1.54, 1.807) is 20.5 Å². The summed E-state index contributed by atoms with van der Waals surface area (Å²) in [6.45, 7) is 10.3. The van der Waals surface area contributed by atoms with Gasteiger partial charge in [-0.25, -0.2) is 0 Å². The molecule has 0 saturated carbocycles. The third-order valence-electron chi connectivity index (χ3n) is 8.66. The molecule has 0 aromatic carbocycles. The number of carbonyl (C=O) groups is 1. The van der Waals surface area contributed by atoms with E-state index in [2.05, 4.69) is 131 Å². The van der Waals surface area contributed by atoms with Crippen LogP contribution in [0, 0.1) is 0 Å². The number of halogens is 35. The van der Waals surface area contributed by atoms with Crippen LogP contribution >= 0.6 is 186 Å². The van der Waals surface area contributed by atoms with Crippen LogP contribution in [-0.4, -0.2) is 100 Å². The van der Waals surface area contributed by atoms with Gasteiger partial charge in [-0.2, -0.15) is 72.6 Å². The Kier molecular flexibility index (Phi) is 46.3. The van der Waals surface area contributed by atoms with Crippen molar-refractivity contribution in [2.24, 2.45) is 108 Å². The Labute approximate surface area is 641 Å². The summed E-state index contributed by atoms with van der Waals surface area (Å²) < 4.78 is 552. The molecule has 8 rings (SSSR count). The van der Waals surface area contributed by atoms with Gasteiger partial charge in [-0.1, -0.05) is 6.92 Å². The fourth-order valence-corrected chi connectivity index (χ4v) is 51.8. The first-order valence-electron chi connectivity index (χ1n) is 27.4. The van der Waals surface area contributed by atoms with E-state index in [9.17, 15) is 147 Å². The molecule has 96 heteroatoms. The van der Waals surface area contributed by atoms with E-state index in [0.29, 0.717) is 13.5 Å². The lowest BCUT2D eigenvalue weighted by molar-refractivity contribution is -0.0980. The zero-order chi connectivity index (χ0) is 92.4. The maximum Gasteiger partial charge on any atom is 0.425 e. The molecule has 13 unspecified atom stereocenters. The second kappa shape index (κ2) is 45.4. The van der Waals surface area contributed by atoms with E-state index in [0.717, 1.165) is 35.1 Å². The van der Waals surface area contributed by atoms with E-state index in [1.807, 2.05) is 20.3 Å². The standard InChI is InChI=1S/C5H13F3N3O2P3.C4H10F4N3O2P3.C3H7F5N3OP3.C3H9F3N3O3P3.C2H5F5N3OP3.C2H6F4N3O2P3.CH3F5N3OP3.CH2O.F6N3P3/c1-4-12-15(7)9-14(3,6)10-16(8,11-15)13-5-2;1-3-12-15(7)9-14(5,6)10-16(8,11-15)13-4-2;1-2-3-12-15(8)10-13(4,5)9-14(6,7)11-15;1-11-14(5)7-13(4,3-10)8-15(6,9-14)12-2;1-2-11-14(7)9-12(3,4)8-13(5,6)10-14;1-10-13(5)7-12(3,4)8-14(6,9-13)11-2;1-10-13(6)8-11(2,3)7-12(4,5)9-13;1-2;1-10(2)7-11(3,4)9-12(5,6)8-10/h4-5H2,1-3H3;3-4H2,1-2H3;2-3H2,1H3;10H,3H2,1-2H3;2H2,1H3;1-2H3;1H3;1H2;. The van der Waals surface area contributed by atoms with E-state index in [1.165, 1.54) is 34.6 Å². The van der Waals surface area contributed by atoms with Crippen molar-refractivity contribution in [3.63, 3.8) is 0 Å². The maximum absolute atomic E-state index is 13.9. The molecule has 0 aromatic rings. The van der Waals surface area contributed by atoms with Crippen molar-refractivity contribution in [1.29, 1.82) is 0 Å². The molecule has 37 nitrogen and oxygen atoms in total. The number of rotatable bonds is 19. The minimum Gasteiger partial charge on any atom is -0.386 e. The number of aliphatic hydroxyl groups is 1. The fraction of sp³-hybridized carbons (Fsp3) is 0.952. The summed E-state index contributed by atoms with van der Waals surface area (Å²) in [5, 5.41) is 8.64. The Morgan fingerprint density at radius 2 is 0.393 bits per heavy atom. The lowest BCUT2D eigenvalue weighted by atomic mass is 10.5. The number of nitrogens with zero attached hydrogens (tertiary/aromatic N) is 24. The van der Waals surface area contributed by atoms with E-state index < -0.39 is 193 Å². The summed E-state index contributed by atoms with van der Waals surface area (Å²) >= 11 is 0. The van der Waals surface area contributed by atoms with Gasteiger partial charge in [0, 0.05) is 42.2 Å². The van der Waals surface area contributed by atoms with Crippen LogP contribution in [0.1, 0.15) is 48.0 Å². The molecule has 0 bridgehead atoms. The quantitative estimate of drug-likeness (QED) is 0.0929. The van der Waals surface area contributed by atoms with Crippen LogP contribution in [0.2, 0.25) is 0 Å². The molecule has 1 N–H and O–H groups in total. The molecule has 0 spiro atoms. The van der Waals surface area contributed by atoms with Crippen molar-refractivity contribution in [2.45, 2.75) is 48.0 Å². The molecule has 0 saturated heterocycles. The van der Waals surface area contributed by atoms with Gasteiger partial charge in [0.25, 0.3) is 7.52 Å². The molecule has 0 aromatic heterocycles. The van der Waals surface area contributed by atoms with Crippen molar-refractivity contribution in [3.05, 3.63) is 0 Å². The largest absolute Gasteiger partial charge is 0.425 e. The number of aliphatic hydroxyl groups excluding tert-OH is 1. The summed E-state index contributed by atoms with van der Waals surface area (Å²) in [4.78, 5) is 8.00. The highest BCUT2D eigenvalue weighted by molar-refractivity contribution is 7.83. The van der Waals surface area contributed by atoms with Crippen molar-refractivity contribution in [3.8, 4) is 0 Å². The van der Waals surface area contributed by atoms with Gasteiger partial charge in [-0.15, -0.1) is 183 Å². The van der Waals surface area contributed by atoms with Crippen LogP contribution in [0.3, 0.4) is 0 Å². The molecule has 0 fully saturated rings. The van der Waals surface area contributed by atoms with Gasteiger partial charge in [-0.05, 0) is 41.0 Å². The van der Waals surface area contributed by atoms with Gasteiger partial charge in [0.2, 0.25) is 7.52 Å². The molecule has 8 heterocycles. The molecule has 0 amide bonds. The molecule has 0 radical (unpaired) electrons. The molecular weight excluding hydrogens is 2200 g/mol. The van der Waals surface area contributed by atoms with Crippen LogP contribution in [0.25, 0.3) is 0 Å². The lowest BCUT2D eigenvalue weighted by Gasteiger charge is -2.21. The zero-order valence-corrected chi connectivity index (χ0v) is 79.9. The monoisotopic (exact) mass is 2260 g/mol. The van der Waals surface area contributed by atoms with Gasteiger partial charge in [0.15, 0.2) is 0 Å². The number of hydrogen-bond donors (Lipinski definition) is 1. The highest BCUT2D eigenvalue weighted by Gasteiger charge is 2.47. The van der Waals surface area contributed by atoms with Gasteiger partial charge in [-0.3, -0.25) is 0 Å². The number of carbonyl (C=O) groups excluding carboxylic acids is 1. The Morgan fingerprint density at radius 3 is 0.650 bits per heavy atom. The number of hydrogen-bond acceptors (Lipinski definition) is 37. The molecule has 8 aliphatic heterocycles. The average molecular weight is 2260 g/mol. The van der Waals surface area contributed by atoms with Crippen LogP contribution in [0.15, 0.2) is 108 Å². The van der Waals surface area contributed by atoms with E-state index in [4.69, 9.17) is 9.90 Å². The predicted molar refractivity (Wildman–Crippen MR) is 393 cm³/mol. The van der Waals surface area contributed by atoms with Crippen LogP contribution < -0.4 is 0 Å². The van der Waals surface area contributed by atoms with Crippen molar-refractivity contribution in [1.82, 2.24) is 0 Å². The van der Waals surface area contributed by atoms with E-state index >= 15 is 0 Å². The molecule has 117 heavy (non-hydrogen) atoms. The molecule has 13 atom stereocenters. The highest BCUT2D eigenvalue weighted by atomic mass is 31.3. The minimum atomic E-state index is -5.82. The lowest BCUT2D eigenvalue weighted by Crippen LogP contribution is -1.89. The molecule has 0 aliphatic carbocycles. The summed E-state index contributed by atoms with van der Waals surface area (Å²) in [5.74, 6) is 0. The van der Waals surface area contributed by atoms with Crippen LogP contribution in [0.4, 0.5) is 147 Å². The molecular formula is C21H55F35N24O13P24. The highest BCUT2D eigenvalue weighted by Crippen LogP contribution is 2.89. The normalized spacial score (nSPS) is 36.9. The predicted octanol–water partition coefficient (Wildman–Crippen LogP) is 43.0. The van der Waals surface area contributed by atoms with Gasteiger partial charge >= 0.3 is 171 Å². The van der Waals surface area contributed by atoms with Crippen LogP contribution in [-0.2, 0) is 54.6 Å². The smallest absolute Gasteiger partial charge is 0.386 e. The SMILES string of the molecule is C=O.CCCOP1(F)=NP(F)(F)=NP(F)(F)=N1.CCOP1(F)=NP(C)(F)=NP(F)(OCC)=N1.CCOP1(F)=NP(F)(F)=NP(F)(F)=N1.CCOP1(F)=NP(F)(F)=NP(F)(OCC)=N1.COP1(F)=NP(F)(CO)=NP(F)(OC)=N1.COP1(F)=NP(F)(F)=NP(F)(F)=N1.COP1(F)=NP(F)(F)=NP(F)(OC)=N1.FP1(F)=NP(F)(F)=NP(F)(F)=N1. The van der Waals surface area contributed by atoms with Crippen molar-refractivity contribution < 1.29 is 207 Å². The van der Waals surface area contributed by atoms with Crippen molar-refractivity contribution in [2.75, 3.05) is 88.2 Å².